The molecule has 0 fully saturated rings. The molecule has 2 aromatic heterocycles. The summed E-state index contributed by atoms with van der Waals surface area (Å²) in [5.41, 5.74) is 4.42. The number of furan rings is 1. The highest BCUT2D eigenvalue weighted by Gasteiger charge is 2.04. The molecule has 0 amide bonds. The summed E-state index contributed by atoms with van der Waals surface area (Å²) in [6.45, 7) is 2.07. The Kier molecular flexibility index (Phi) is 2.69. The standard InChI is InChI=1S/C16H13NO/c1-12-4-2-10-17-16(12)14-8-6-13(7-9-14)15-5-3-11-18-15/h2-11H,1H3. The second-order valence-corrected chi connectivity index (χ2v) is 4.22. The molecule has 0 atom stereocenters. The Labute approximate surface area is 106 Å². The van der Waals surface area contributed by atoms with E-state index in [0.29, 0.717) is 0 Å². The predicted octanol–water partition coefficient (Wildman–Crippen LogP) is 4.32. The first-order chi connectivity index (χ1) is 8.84. The van der Waals surface area contributed by atoms with Gasteiger partial charge in [0.15, 0.2) is 0 Å². The number of aryl methyl sites for hydroxylation is 1. The lowest BCUT2D eigenvalue weighted by Gasteiger charge is -2.05. The molecule has 2 nitrogen and oxygen atoms in total. The van der Waals surface area contributed by atoms with Gasteiger partial charge in [-0.25, -0.2) is 0 Å². The molecule has 0 saturated carbocycles. The van der Waals surface area contributed by atoms with Crippen LogP contribution < -0.4 is 0 Å². The molecule has 3 aromatic rings. The maximum Gasteiger partial charge on any atom is 0.133 e. The number of benzene rings is 1. The van der Waals surface area contributed by atoms with Crippen molar-refractivity contribution in [3.63, 3.8) is 0 Å². The number of pyridine rings is 1. The van der Waals surface area contributed by atoms with Crippen molar-refractivity contribution >= 4 is 0 Å². The minimum absolute atomic E-state index is 0.888. The SMILES string of the molecule is Cc1cccnc1-c1ccc(-c2ccco2)cc1. The number of rotatable bonds is 2. The van der Waals surface area contributed by atoms with E-state index in [1.54, 1.807) is 6.26 Å². The van der Waals surface area contributed by atoms with Crippen LogP contribution in [0.15, 0.2) is 65.4 Å². The van der Waals surface area contributed by atoms with Crippen LogP contribution in [0.1, 0.15) is 5.56 Å². The van der Waals surface area contributed by atoms with E-state index < -0.39 is 0 Å². The number of hydrogen-bond acceptors (Lipinski definition) is 2. The average Bonchev–Trinajstić information content (AvgIpc) is 2.94. The summed E-state index contributed by atoms with van der Waals surface area (Å²) in [4.78, 5) is 4.42. The van der Waals surface area contributed by atoms with Crippen LogP contribution in [0.4, 0.5) is 0 Å². The first-order valence-corrected chi connectivity index (χ1v) is 5.90. The quantitative estimate of drug-likeness (QED) is 0.661. The van der Waals surface area contributed by atoms with Crippen molar-refractivity contribution in [2.45, 2.75) is 6.92 Å². The van der Waals surface area contributed by atoms with Gasteiger partial charge in [0.25, 0.3) is 0 Å². The van der Waals surface area contributed by atoms with Gasteiger partial charge >= 0.3 is 0 Å². The van der Waals surface area contributed by atoms with Crippen LogP contribution >= 0.6 is 0 Å². The van der Waals surface area contributed by atoms with Crippen LogP contribution in [-0.4, -0.2) is 4.98 Å². The summed E-state index contributed by atoms with van der Waals surface area (Å²) in [7, 11) is 0. The Morgan fingerprint density at radius 1 is 0.889 bits per heavy atom. The molecule has 3 rings (SSSR count). The fraction of sp³-hybridized carbons (Fsp3) is 0.0625. The first-order valence-electron chi connectivity index (χ1n) is 5.90. The second kappa shape index (κ2) is 4.49. The average molecular weight is 235 g/mol. The lowest BCUT2D eigenvalue weighted by atomic mass is 10.0. The maximum atomic E-state index is 5.37. The highest BCUT2D eigenvalue weighted by atomic mass is 16.3. The molecule has 1 aromatic carbocycles. The summed E-state index contributed by atoms with van der Waals surface area (Å²) < 4.78 is 5.37. The maximum absolute atomic E-state index is 5.37. The zero-order valence-electron chi connectivity index (χ0n) is 10.1. The zero-order chi connectivity index (χ0) is 12.4. The zero-order valence-corrected chi connectivity index (χ0v) is 10.1. The molecule has 0 spiro atoms. The molecule has 0 aliphatic carbocycles. The normalized spacial score (nSPS) is 10.5. The third-order valence-electron chi connectivity index (χ3n) is 2.97. The molecule has 2 heteroatoms. The van der Waals surface area contributed by atoms with Crippen LogP contribution in [0.2, 0.25) is 0 Å². The van der Waals surface area contributed by atoms with Crippen molar-refractivity contribution < 1.29 is 4.42 Å². The summed E-state index contributed by atoms with van der Waals surface area (Å²) >= 11 is 0. The van der Waals surface area contributed by atoms with E-state index >= 15 is 0 Å². The van der Waals surface area contributed by atoms with Gasteiger partial charge in [-0.15, -0.1) is 0 Å². The number of aromatic nitrogens is 1. The Balaban J connectivity index is 1.99. The topological polar surface area (TPSA) is 26.0 Å². The Bertz CT molecular complexity index is 639. The van der Waals surface area contributed by atoms with Crippen molar-refractivity contribution in [3.8, 4) is 22.6 Å². The molecule has 0 radical (unpaired) electrons. The fourth-order valence-electron chi connectivity index (χ4n) is 2.02. The highest BCUT2D eigenvalue weighted by molar-refractivity contribution is 5.67. The van der Waals surface area contributed by atoms with Gasteiger partial charge in [0.2, 0.25) is 0 Å². The Hall–Kier alpha value is -2.35. The highest BCUT2D eigenvalue weighted by Crippen LogP contribution is 2.25. The van der Waals surface area contributed by atoms with Gasteiger partial charge in [0, 0.05) is 17.3 Å². The molecular formula is C16H13NO. The van der Waals surface area contributed by atoms with Crippen molar-refractivity contribution in [3.05, 3.63) is 66.6 Å². The predicted molar refractivity (Wildman–Crippen MR) is 72.1 cm³/mol. The lowest BCUT2D eigenvalue weighted by Crippen LogP contribution is -1.86. The summed E-state index contributed by atoms with van der Waals surface area (Å²) in [5.74, 6) is 0.888. The Morgan fingerprint density at radius 3 is 2.33 bits per heavy atom. The van der Waals surface area contributed by atoms with Crippen LogP contribution in [-0.2, 0) is 0 Å². The smallest absolute Gasteiger partial charge is 0.133 e. The minimum atomic E-state index is 0.888. The second-order valence-electron chi connectivity index (χ2n) is 4.22. The summed E-state index contributed by atoms with van der Waals surface area (Å²) in [6, 6.07) is 16.1. The van der Waals surface area contributed by atoms with Crippen molar-refractivity contribution in [1.82, 2.24) is 4.98 Å². The van der Waals surface area contributed by atoms with E-state index in [-0.39, 0.29) is 0 Å². The third kappa shape index (κ3) is 1.93. The van der Waals surface area contributed by atoms with E-state index in [1.807, 2.05) is 24.4 Å². The van der Waals surface area contributed by atoms with Gasteiger partial charge in [0.1, 0.15) is 5.76 Å². The molecule has 2 heterocycles. The molecule has 0 N–H and O–H groups in total. The van der Waals surface area contributed by atoms with Gasteiger partial charge < -0.3 is 4.42 Å². The van der Waals surface area contributed by atoms with Crippen molar-refractivity contribution in [2.75, 3.05) is 0 Å². The lowest BCUT2D eigenvalue weighted by molar-refractivity contribution is 0.582. The van der Waals surface area contributed by atoms with Crippen LogP contribution in [0, 0.1) is 6.92 Å². The van der Waals surface area contributed by atoms with Crippen LogP contribution in [0.25, 0.3) is 22.6 Å². The molecule has 18 heavy (non-hydrogen) atoms. The van der Waals surface area contributed by atoms with Crippen molar-refractivity contribution in [1.29, 1.82) is 0 Å². The molecule has 0 aliphatic heterocycles. The molecule has 0 unspecified atom stereocenters. The van der Waals surface area contributed by atoms with Crippen LogP contribution in [0.3, 0.4) is 0 Å². The monoisotopic (exact) mass is 235 g/mol. The van der Waals surface area contributed by atoms with Gasteiger partial charge in [-0.2, -0.15) is 0 Å². The Morgan fingerprint density at radius 2 is 1.67 bits per heavy atom. The summed E-state index contributed by atoms with van der Waals surface area (Å²) in [6.07, 6.45) is 3.51. The third-order valence-corrected chi connectivity index (χ3v) is 2.97. The van der Waals surface area contributed by atoms with E-state index in [9.17, 15) is 0 Å². The molecule has 0 saturated heterocycles. The van der Waals surface area contributed by atoms with Gasteiger partial charge in [0.05, 0.1) is 12.0 Å². The minimum Gasteiger partial charge on any atom is -0.464 e. The van der Waals surface area contributed by atoms with E-state index in [0.717, 1.165) is 22.6 Å². The summed E-state index contributed by atoms with van der Waals surface area (Å²) in [5, 5.41) is 0. The van der Waals surface area contributed by atoms with Gasteiger partial charge in [-0.05, 0) is 30.7 Å². The van der Waals surface area contributed by atoms with E-state index in [4.69, 9.17) is 4.42 Å². The van der Waals surface area contributed by atoms with Gasteiger partial charge in [-0.1, -0.05) is 30.3 Å². The van der Waals surface area contributed by atoms with Crippen molar-refractivity contribution in [2.24, 2.45) is 0 Å². The van der Waals surface area contributed by atoms with E-state index in [2.05, 4.69) is 42.2 Å². The van der Waals surface area contributed by atoms with Crippen LogP contribution in [0.5, 0.6) is 0 Å². The van der Waals surface area contributed by atoms with E-state index in [1.165, 1.54) is 5.56 Å². The molecule has 0 bridgehead atoms. The first kappa shape index (κ1) is 10.8. The fourth-order valence-corrected chi connectivity index (χ4v) is 2.02. The van der Waals surface area contributed by atoms with Gasteiger partial charge in [-0.3, -0.25) is 4.98 Å². The molecular weight excluding hydrogens is 222 g/mol. The molecule has 0 aliphatic rings. The molecule has 88 valence electrons. The largest absolute Gasteiger partial charge is 0.464 e. The number of nitrogens with zero attached hydrogens (tertiary/aromatic N) is 1. The number of hydrogen-bond donors (Lipinski definition) is 0.